The molecule has 0 aliphatic heterocycles. The second kappa shape index (κ2) is 45.4. The van der Waals surface area contributed by atoms with Crippen molar-refractivity contribution in [2.45, 2.75) is 304 Å². The minimum atomic E-state index is 1.37. The molecule has 0 saturated heterocycles. The van der Waals surface area contributed by atoms with E-state index >= 15 is 0 Å². The molecule has 0 radical (unpaired) electrons. The second-order valence-electron chi connectivity index (χ2n) is 18.0. The van der Waals surface area contributed by atoms with E-state index in [0.717, 1.165) is 0 Å². The number of nitrogens with zero attached hydrogens (tertiary/aromatic N) is 1. The first-order chi connectivity index (χ1) is 25.7. The summed E-state index contributed by atoms with van der Waals surface area (Å²) in [5.41, 5.74) is 0. The lowest BCUT2D eigenvalue weighted by molar-refractivity contribution is -0.929. The lowest BCUT2D eigenvalue weighted by Gasteiger charge is -2.40. The van der Waals surface area contributed by atoms with E-state index in [1.807, 2.05) is 0 Å². The van der Waals surface area contributed by atoms with Crippen LogP contribution in [0.2, 0.25) is 0 Å². The van der Waals surface area contributed by atoms with E-state index in [4.69, 9.17) is 0 Å². The van der Waals surface area contributed by atoms with Crippen molar-refractivity contribution in [1.29, 1.82) is 0 Å². The Morgan fingerprint density at radius 1 is 0.154 bits per heavy atom. The maximum atomic E-state index is 2.35. The van der Waals surface area contributed by atoms with E-state index in [2.05, 4.69) is 27.7 Å². The van der Waals surface area contributed by atoms with Gasteiger partial charge in [0.2, 0.25) is 0 Å². The Morgan fingerprint density at radius 3 is 0.404 bits per heavy atom. The topological polar surface area (TPSA) is 0 Å². The molecule has 1 heteroatoms. The van der Waals surface area contributed by atoms with Gasteiger partial charge in [-0.1, -0.05) is 252 Å². The molecule has 1 nitrogen and oxygen atoms in total. The van der Waals surface area contributed by atoms with Gasteiger partial charge in [-0.25, -0.2) is 0 Å². The van der Waals surface area contributed by atoms with Gasteiger partial charge in [-0.05, 0) is 51.4 Å². The Labute approximate surface area is 333 Å². The molecule has 0 aliphatic rings. The van der Waals surface area contributed by atoms with Gasteiger partial charge in [0.05, 0.1) is 26.2 Å². The zero-order valence-corrected chi connectivity index (χ0v) is 37.7. The lowest BCUT2D eigenvalue weighted by atomic mass is 10.0. The maximum Gasteiger partial charge on any atom is 0.0786 e. The molecule has 314 valence electrons. The van der Waals surface area contributed by atoms with Crippen molar-refractivity contribution in [3.05, 3.63) is 0 Å². The molecule has 0 N–H and O–H groups in total. The summed E-state index contributed by atoms with van der Waals surface area (Å²) in [6.07, 6.45) is 63.2. The van der Waals surface area contributed by atoms with Crippen molar-refractivity contribution < 1.29 is 4.48 Å². The molecule has 0 rings (SSSR count). The van der Waals surface area contributed by atoms with Gasteiger partial charge in [0.25, 0.3) is 0 Å². The summed E-state index contributed by atoms with van der Waals surface area (Å²) in [5.74, 6) is 0. The third-order valence-corrected chi connectivity index (χ3v) is 12.7. The molecular formula is C51H106N+. The number of hydrogen-bond acceptors (Lipinski definition) is 0. The van der Waals surface area contributed by atoms with Crippen LogP contribution >= 0.6 is 0 Å². The van der Waals surface area contributed by atoms with E-state index in [1.54, 1.807) is 0 Å². The van der Waals surface area contributed by atoms with Gasteiger partial charge < -0.3 is 4.48 Å². The van der Waals surface area contributed by atoms with Gasteiger partial charge in [0.15, 0.2) is 0 Å². The number of hydrogen-bond donors (Lipinski definition) is 0. The van der Waals surface area contributed by atoms with Crippen LogP contribution in [0.5, 0.6) is 0 Å². The highest BCUT2D eigenvalue weighted by molar-refractivity contribution is 4.57. The summed E-state index contributed by atoms with van der Waals surface area (Å²) in [7, 11) is 0. The SMILES string of the molecule is CCCCCCCCCCCCCC[N+](CCCCCCCCC)(CCCCCCCCCCCCCC)CCCCCCCCCCCCCC. The highest BCUT2D eigenvalue weighted by atomic mass is 15.3. The summed E-state index contributed by atoms with van der Waals surface area (Å²) in [5, 5.41) is 0. The van der Waals surface area contributed by atoms with Crippen molar-refractivity contribution in [2.75, 3.05) is 26.2 Å². The van der Waals surface area contributed by atoms with Crippen molar-refractivity contribution in [1.82, 2.24) is 0 Å². The highest BCUT2D eigenvalue weighted by Crippen LogP contribution is 2.22. The molecule has 0 spiro atoms. The van der Waals surface area contributed by atoms with Gasteiger partial charge in [0.1, 0.15) is 0 Å². The summed E-state index contributed by atoms with van der Waals surface area (Å²) in [4.78, 5) is 0. The van der Waals surface area contributed by atoms with E-state index < -0.39 is 0 Å². The Hall–Kier alpha value is -0.0400. The Morgan fingerprint density at radius 2 is 0.269 bits per heavy atom. The zero-order chi connectivity index (χ0) is 37.7. The van der Waals surface area contributed by atoms with Crippen LogP contribution in [0, 0.1) is 0 Å². The highest BCUT2D eigenvalue weighted by Gasteiger charge is 2.25. The van der Waals surface area contributed by atoms with Crippen molar-refractivity contribution >= 4 is 0 Å². The first-order valence-electron chi connectivity index (χ1n) is 25.6. The van der Waals surface area contributed by atoms with Crippen LogP contribution in [0.3, 0.4) is 0 Å². The lowest BCUT2D eigenvalue weighted by Crippen LogP contribution is -2.50. The van der Waals surface area contributed by atoms with Crippen LogP contribution < -0.4 is 0 Å². The quantitative estimate of drug-likeness (QED) is 0.0432. The fourth-order valence-corrected chi connectivity index (χ4v) is 8.94. The van der Waals surface area contributed by atoms with Crippen molar-refractivity contribution in [3.8, 4) is 0 Å². The molecule has 0 heterocycles. The van der Waals surface area contributed by atoms with Crippen LogP contribution in [0.1, 0.15) is 304 Å². The van der Waals surface area contributed by atoms with E-state index in [0.29, 0.717) is 0 Å². The molecule has 0 unspecified atom stereocenters. The number of quaternary nitrogens is 1. The molecule has 0 aromatic carbocycles. The monoisotopic (exact) mass is 733 g/mol. The predicted octanol–water partition coefficient (Wildman–Crippen LogP) is 18.7. The van der Waals surface area contributed by atoms with Gasteiger partial charge in [-0.2, -0.15) is 0 Å². The average Bonchev–Trinajstić information content (AvgIpc) is 3.15. The minimum Gasteiger partial charge on any atom is -0.324 e. The smallest absolute Gasteiger partial charge is 0.0786 e. The van der Waals surface area contributed by atoms with E-state index in [-0.39, 0.29) is 0 Å². The normalized spacial score (nSPS) is 12.0. The van der Waals surface area contributed by atoms with Crippen LogP contribution in [-0.2, 0) is 0 Å². The average molecular weight is 733 g/mol. The molecule has 0 bridgehead atoms. The van der Waals surface area contributed by atoms with Crippen LogP contribution in [0.15, 0.2) is 0 Å². The summed E-state index contributed by atoms with van der Waals surface area (Å²) < 4.78 is 1.49. The molecule has 0 aromatic heterocycles. The summed E-state index contributed by atoms with van der Waals surface area (Å²) in [6, 6.07) is 0. The van der Waals surface area contributed by atoms with Crippen LogP contribution in [0.25, 0.3) is 0 Å². The van der Waals surface area contributed by atoms with Crippen molar-refractivity contribution in [2.24, 2.45) is 0 Å². The number of unbranched alkanes of at least 4 members (excludes halogenated alkanes) is 39. The maximum absolute atomic E-state index is 2.35. The Kier molecular flexibility index (Phi) is 45.3. The molecular weight excluding hydrogens is 627 g/mol. The third kappa shape index (κ3) is 39.6. The third-order valence-electron chi connectivity index (χ3n) is 12.7. The minimum absolute atomic E-state index is 1.37. The van der Waals surface area contributed by atoms with E-state index in [1.165, 1.54) is 307 Å². The van der Waals surface area contributed by atoms with Gasteiger partial charge in [0, 0.05) is 0 Å². The molecule has 52 heavy (non-hydrogen) atoms. The van der Waals surface area contributed by atoms with Gasteiger partial charge >= 0.3 is 0 Å². The largest absolute Gasteiger partial charge is 0.324 e. The van der Waals surface area contributed by atoms with Crippen LogP contribution in [0.4, 0.5) is 0 Å². The summed E-state index contributed by atoms with van der Waals surface area (Å²) >= 11 is 0. The molecule has 0 saturated carbocycles. The molecule has 0 amide bonds. The zero-order valence-electron chi connectivity index (χ0n) is 37.7. The van der Waals surface area contributed by atoms with Crippen LogP contribution in [-0.4, -0.2) is 30.7 Å². The Balaban J connectivity index is 4.80. The second-order valence-corrected chi connectivity index (χ2v) is 18.0. The van der Waals surface area contributed by atoms with Gasteiger partial charge in [-0.15, -0.1) is 0 Å². The van der Waals surface area contributed by atoms with Crippen molar-refractivity contribution in [3.63, 3.8) is 0 Å². The standard InChI is InChI=1S/C51H106N/c1-5-9-13-17-21-24-27-30-33-37-41-45-49-52(48-44-40-36-20-16-12-8-4,50-46-42-38-34-31-28-25-22-18-14-10-6-2)51-47-43-39-35-32-29-26-23-19-15-11-7-3/h5-51H2,1-4H3/q+1. The molecule has 0 fully saturated rings. The molecule has 0 aliphatic carbocycles. The molecule has 0 atom stereocenters. The summed E-state index contributed by atoms with van der Waals surface area (Å²) in [6.45, 7) is 15.3. The predicted molar refractivity (Wildman–Crippen MR) is 241 cm³/mol. The molecule has 0 aromatic rings. The fraction of sp³-hybridized carbons (Fsp3) is 1.00. The van der Waals surface area contributed by atoms with E-state index in [9.17, 15) is 0 Å². The Bertz CT molecular complexity index is 543. The first kappa shape index (κ1) is 52.0. The van der Waals surface area contributed by atoms with Gasteiger partial charge in [-0.3, -0.25) is 0 Å². The number of rotatable bonds is 47. The fourth-order valence-electron chi connectivity index (χ4n) is 8.94. The first-order valence-corrected chi connectivity index (χ1v) is 25.6.